The largest absolute Gasteiger partial charge is 0.490 e. The van der Waals surface area contributed by atoms with Crippen molar-refractivity contribution in [1.82, 2.24) is 5.32 Å². The summed E-state index contributed by atoms with van der Waals surface area (Å²) in [5.74, 6) is 0.990. The fourth-order valence-electron chi connectivity index (χ4n) is 3.04. The van der Waals surface area contributed by atoms with Crippen LogP contribution >= 0.6 is 15.9 Å². The van der Waals surface area contributed by atoms with Crippen molar-refractivity contribution in [2.24, 2.45) is 0 Å². The number of piperidine rings is 2. The van der Waals surface area contributed by atoms with Gasteiger partial charge in [-0.15, -0.1) is 0 Å². The van der Waals surface area contributed by atoms with Gasteiger partial charge in [0.05, 0.1) is 0 Å². The van der Waals surface area contributed by atoms with Crippen LogP contribution in [0.3, 0.4) is 0 Å². The molecule has 0 radical (unpaired) electrons. The quantitative estimate of drug-likeness (QED) is 0.902. The molecule has 2 nitrogen and oxygen atoms in total. The van der Waals surface area contributed by atoms with E-state index < -0.39 is 0 Å². The molecule has 2 bridgehead atoms. The van der Waals surface area contributed by atoms with Crippen molar-refractivity contribution in [3.8, 4) is 5.75 Å². The zero-order chi connectivity index (χ0) is 11.7. The highest BCUT2D eigenvalue weighted by Gasteiger charge is 2.32. The molecule has 1 aromatic carbocycles. The standard InChI is InChI=1S/C14H18BrNO/c15-10-3-1-6-13(7-10)17-14-8-11-4-2-5-12(9-14)16-11/h1,3,6-7,11-12,14,16H,2,4-5,8-9H2. The summed E-state index contributed by atoms with van der Waals surface area (Å²) in [6.45, 7) is 0. The molecule has 3 heteroatoms. The van der Waals surface area contributed by atoms with Gasteiger partial charge in [0.2, 0.25) is 0 Å². The summed E-state index contributed by atoms with van der Waals surface area (Å²) in [5, 5.41) is 3.69. The Labute approximate surface area is 111 Å². The number of hydrogen-bond acceptors (Lipinski definition) is 2. The van der Waals surface area contributed by atoms with E-state index in [2.05, 4.69) is 27.3 Å². The Morgan fingerprint density at radius 3 is 2.65 bits per heavy atom. The number of ether oxygens (including phenoxy) is 1. The second-order valence-corrected chi connectivity index (χ2v) is 6.08. The minimum absolute atomic E-state index is 0.390. The van der Waals surface area contributed by atoms with E-state index in [-0.39, 0.29) is 0 Å². The first-order valence-corrected chi connectivity index (χ1v) is 7.27. The monoisotopic (exact) mass is 295 g/mol. The normalized spacial score (nSPS) is 32.2. The van der Waals surface area contributed by atoms with Crippen molar-refractivity contribution >= 4 is 15.9 Å². The molecule has 2 unspecified atom stereocenters. The van der Waals surface area contributed by atoms with Gasteiger partial charge in [-0.05, 0) is 43.9 Å². The van der Waals surface area contributed by atoms with Gasteiger partial charge in [-0.2, -0.15) is 0 Å². The molecule has 0 aromatic heterocycles. The third-order valence-electron chi connectivity index (χ3n) is 3.77. The number of nitrogens with one attached hydrogen (secondary N) is 1. The Hall–Kier alpha value is -0.540. The van der Waals surface area contributed by atoms with Gasteiger partial charge >= 0.3 is 0 Å². The highest BCUT2D eigenvalue weighted by molar-refractivity contribution is 9.10. The van der Waals surface area contributed by atoms with E-state index in [1.54, 1.807) is 0 Å². The average Bonchev–Trinajstić information content (AvgIpc) is 2.28. The third-order valence-corrected chi connectivity index (χ3v) is 4.26. The summed E-state index contributed by atoms with van der Waals surface area (Å²) in [5.41, 5.74) is 0. The van der Waals surface area contributed by atoms with Crippen LogP contribution in [0.1, 0.15) is 32.1 Å². The number of halogens is 1. The maximum Gasteiger partial charge on any atom is 0.120 e. The summed E-state index contributed by atoms with van der Waals surface area (Å²) < 4.78 is 7.19. The Bertz CT molecular complexity index is 384. The van der Waals surface area contributed by atoms with E-state index in [0.29, 0.717) is 18.2 Å². The van der Waals surface area contributed by atoms with Gasteiger partial charge in [0.25, 0.3) is 0 Å². The van der Waals surface area contributed by atoms with Gasteiger partial charge in [0, 0.05) is 16.6 Å². The van der Waals surface area contributed by atoms with Crippen LogP contribution in [0.25, 0.3) is 0 Å². The Morgan fingerprint density at radius 2 is 1.94 bits per heavy atom. The molecule has 2 fully saturated rings. The molecule has 3 rings (SSSR count). The van der Waals surface area contributed by atoms with E-state index in [1.807, 2.05) is 18.2 Å². The summed E-state index contributed by atoms with van der Waals surface area (Å²) >= 11 is 3.48. The lowest BCUT2D eigenvalue weighted by Gasteiger charge is -2.40. The van der Waals surface area contributed by atoms with Crippen LogP contribution in [0.4, 0.5) is 0 Å². The number of benzene rings is 1. The van der Waals surface area contributed by atoms with Gasteiger partial charge < -0.3 is 10.1 Å². The van der Waals surface area contributed by atoms with Crippen LogP contribution in [0.15, 0.2) is 28.7 Å². The van der Waals surface area contributed by atoms with Crippen LogP contribution in [0.5, 0.6) is 5.75 Å². The van der Waals surface area contributed by atoms with Crippen molar-refractivity contribution in [1.29, 1.82) is 0 Å². The molecule has 2 saturated heterocycles. The molecule has 1 N–H and O–H groups in total. The lowest BCUT2D eigenvalue weighted by Crippen LogP contribution is -2.51. The molecule has 2 heterocycles. The second kappa shape index (κ2) is 4.99. The number of hydrogen-bond donors (Lipinski definition) is 1. The molecular weight excluding hydrogens is 278 g/mol. The molecule has 1 aromatic rings. The minimum Gasteiger partial charge on any atom is -0.490 e. The Balaban J connectivity index is 1.65. The van der Waals surface area contributed by atoms with Gasteiger partial charge in [0.15, 0.2) is 0 Å². The van der Waals surface area contributed by atoms with Crippen LogP contribution in [-0.4, -0.2) is 18.2 Å². The average molecular weight is 296 g/mol. The zero-order valence-corrected chi connectivity index (χ0v) is 11.4. The first-order chi connectivity index (χ1) is 8.29. The van der Waals surface area contributed by atoms with Crippen molar-refractivity contribution in [2.45, 2.75) is 50.3 Å². The van der Waals surface area contributed by atoms with Crippen molar-refractivity contribution < 1.29 is 4.74 Å². The van der Waals surface area contributed by atoms with E-state index in [0.717, 1.165) is 23.1 Å². The molecule has 2 aliphatic rings. The summed E-state index contributed by atoms with van der Waals surface area (Å²) in [6, 6.07) is 9.52. The lowest BCUT2D eigenvalue weighted by molar-refractivity contribution is 0.0927. The third kappa shape index (κ3) is 2.83. The molecule has 17 heavy (non-hydrogen) atoms. The van der Waals surface area contributed by atoms with Gasteiger partial charge in [-0.3, -0.25) is 0 Å². The zero-order valence-electron chi connectivity index (χ0n) is 9.86. The molecular formula is C14H18BrNO. The smallest absolute Gasteiger partial charge is 0.120 e. The van der Waals surface area contributed by atoms with Gasteiger partial charge in [-0.1, -0.05) is 28.4 Å². The minimum atomic E-state index is 0.390. The van der Waals surface area contributed by atoms with Crippen molar-refractivity contribution in [3.05, 3.63) is 28.7 Å². The van der Waals surface area contributed by atoms with E-state index >= 15 is 0 Å². The highest BCUT2D eigenvalue weighted by Crippen LogP contribution is 2.29. The molecule has 0 saturated carbocycles. The topological polar surface area (TPSA) is 21.3 Å². The second-order valence-electron chi connectivity index (χ2n) is 5.16. The first-order valence-electron chi connectivity index (χ1n) is 6.48. The molecule has 2 aliphatic heterocycles. The molecule has 0 amide bonds. The van der Waals surface area contributed by atoms with Crippen molar-refractivity contribution in [3.63, 3.8) is 0 Å². The fraction of sp³-hybridized carbons (Fsp3) is 0.571. The first kappa shape index (κ1) is 11.5. The molecule has 0 aliphatic carbocycles. The number of rotatable bonds is 2. The number of fused-ring (bicyclic) bond motifs is 2. The predicted octanol–water partition coefficient (Wildman–Crippen LogP) is 3.50. The van der Waals surface area contributed by atoms with E-state index in [4.69, 9.17) is 4.74 Å². The predicted molar refractivity (Wildman–Crippen MR) is 72.4 cm³/mol. The summed E-state index contributed by atoms with van der Waals surface area (Å²) in [7, 11) is 0. The maximum absolute atomic E-state index is 6.10. The van der Waals surface area contributed by atoms with Gasteiger partial charge in [0.1, 0.15) is 11.9 Å². The summed E-state index contributed by atoms with van der Waals surface area (Å²) in [4.78, 5) is 0. The SMILES string of the molecule is Brc1cccc(OC2CC3CCCC(C2)N3)c1. The van der Waals surface area contributed by atoms with Crippen LogP contribution in [0.2, 0.25) is 0 Å². The maximum atomic E-state index is 6.10. The van der Waals surface area contributed by atoms with Crippen LogP contribution < -0.4 is 10.1 Å². The summed E-state index contributed by atoms with van der Waals surface area (Å²) in [6.07, 6.45) is 6.71. The van der Waals surface area contributed by atoms with E-state index in [9.17, 15) is 0 Å². The lowest BCUT2D eigenvalue weighted by atomic mass is 9.85. The van der Waals surface area contributed by atoms with Crippen LogP contribution in [0, 0.1) is 0 Å². The Morgan fingerprint density at radius 1 is 1.18 bits per heavy atom. The molecule has 0 spiro atoms. The van der Waals surface area contributed by atoms with Gasteiger partial charge in [-0.25, -0.2) is 0 Å². The van der Waals surface area contributed by atoms with Crippen molar-refractivity contribution in [2.75, 3.05) is 0 Å². The molecule has 92 valence electrons. The fourth-order valence-corrected chi connectivity index (χ4v) is 3.42. The molecule has 2 atom stereocenters. The highest BCUT2D eigenvalue weighted by atomic mass is 79.9. The van der Waals surface area contributed by atoms with E-state index in [1.165, 1.54) is 19.3 Å². The van der Waals surface area contributed by atoms with Crippen LogP contribution in [-0.2, 0) is 0 Å². The Kier molecular flexibility index (Phi) is 3.39.